The van der Waals surface area contributed by atoms with Gasteiger partial charge in [0.1, 0.15) is 11.6 Å². The van der Waals surface area contributed by atoms with Crippen LogP contribution in [0.2, 0.25) is 0 Å². The molecule has 0 aliphatic heterocycles. The lowest BCUT2D eigenvalue weighted by atomic mass is 10.2. The molecule has 0 spiro atoms. The SMILES string of the molecule is COc1ccc(C(=O)NCc2nc(-c3ccccc3)n[nH]2)cc1. The van der Waals surface area contributed by atoms with Crippen LogP contribution in [-0.2, 0) is 6.54 Å². The van der Waals surface area contributed by atoms with Crippen LogP contribution in [0.1, 0.15) is 16.2 Å². The summed E-state index contributed by atoms with van der Waals surface area (Å²) in [7, 11) is 1.59. The summed E-state index contributed by atoms with van der Waals surface area (Å²) in [5, 5.41) is 9.79. The maximum atomic E-state index is 12.1. The van der Waals surface area contributed by atoms with E-state index in [1.54, 1.807) is 31.4 Å². The number of hydrogen-bond donors (Lipinski definition) is 2. The number of carbonyl (C=O) groups excluding carboxylic acids is 1. The molecule has 0 aliphatic carbocycles. The first-order valence-electron chi connectivity index (χ1n) is 7.15. The summed E-state index contributed by atoms with van der Waals surface area (Å²) in [5.41, 5.74) is 1.49. The Kier molecular flexibility index (Phi) is 4.33. The zero-order valence-corrected chi connectivity index (χ0v) is 12.6. The molecule has 3 aromatic rings. The molecule has 116 valence electrons. The van der Waals surface area contributed by atoms with Crippen molar-refractivity contribution in [3.05, 3.63) is 66.0 Å². The Hall–Kier alpha value is -3.15. The minimum atomic E-state index is -0.176. The Morgan fingerprint density at radius 2 is 1.87 bits per heavy atom. The second-order valence-corrected chi connectivity index (χ2v) is 4.88. The van der Waals surface area contributed by atoms with Gasteiger partial charge in [-0.25, -0.2) is 4.98 Å². The summed E-state index contributed by atoms with van der Waals surface area (Å²) in [6.07, 6.45) is 0. The number of nitrogens with one attached hydrogen (secondary N) is 2. The maximum Gasteiger partial charge on any atom is 0.251 e. The summed E-state index contributed by atoms with van der Waals surface area (Å²) in [6.45, 7) is 0.282. The van der Waals surface area contributed by atoms with Gasteiger partial charge in [-0.3, -0.25) is 9.89 Å². The van der Waals surface area contributed by atoms with E-state index in [2.05, 4.69) is 20.5 Å². The molecule has 1 aromatic heterocycles. The minimum absolute atomic E-state index is 0.176. The Morgan fingerprint density at radius 3 is 2.57 bits per heavy atom. The van der Waals surface area contributed by atoms with Crippen molar-refractivity contribution in [2.75, 3.05) is 7.11 Å². The summed E-state index contributed by atoms with van der Waals surface area (Å²) in [5.74, 6) is 1.75. The Bertz CT molecular complexity index is 782. The second-order valence-electron chi connectivity index (χ2n) is 4.88. The molecular weight excluding hydrogens is 292 g/mol. The summed E-state index contributed by atoms with van der Waals surface area (Å²) < 4.78 is 5.07. The topological polar surface area (TPSA) is 79.9 Å². The molecule has 6 nitrogen and oxygen atoms in total. The van der Waals surface area contributed by atoms with Crippen molar-refractivity contribution in [3.8, 4) is 17.1 Å². The van der Waals surface area contributed by atoms with E-state index in [-0.39, 0.29) is 12.5 Å². The predicted molar refractivity (Wildman–Crippen MR) is 86.0 cm³/mol. The van der Waals surface area contributed by atoms with Gasteiger partial charge < -0.3 is 10.1 Å². The van der Waals surface area contributed by atoms with Crippen molar-refractivity contribution >= 4 is 5.91 Å². The fourth-order valence-corrected chi connectivity index (χ4v) is 2.10. The molecule has 1 heterocycles. The first-order valence-corrected chi connectivity index (χ1v) is 7.15. The minimum Gasteiger partial charge on any atom is -0.497 e. The number of methoxy groups -OCH3 is 1. The van der Waals surface area contributed by atoms with E-state index >= 15 is 0 Å². The largest absolute Gasteiger partial charge is 0.497 e. The summed E-state index contributed by atoms with van der Waals surface area (Å²) in [4.78, 5) is 16.5. The number of aromatic nitrogens is 3. The van der Waals surface area contributed by atoms with Gasteiger partial charge in [-0.05, 0) is 24.3 Å². The van der Waals surface area contributed by atoms with Gasteiger partial charge in [0, 0.05) is 11.1 Å². The molecule has 2 N–H and O–H groups in total. The quantitative estimate of drug-likeness (QED) is 0.758. The van der Waals surface area contributed by atoms with Crippen molar-refractivity contribution < 1.29 is 9.53 Å². The number of rotatable bonds is 5. The van der Waals surface area contributed by atoms with E-state index < -0.39 is 0 Å². The molecule has 3 rings (SSSR count). The average molecular weight is 308 g/mol. The lowest BCUT2D eigenvalue weighted by Crippen LogP contribution is -2.23. The van der Waals surface area contributed by atoms with Gasteiger partial charge in [0.15, 0.2) is 5.82 Å². The van der Waals surface area contributed by atoms with Crippen LogP contribution >= 0.6 is 0 Å². The van der Waals surface area contributed by atoms with Gasteiger partial charge in [0.2, 0.25) is 0 Å². The highest BCUT2D eigenvalue weighted by atomic mass is 16.5. The highest BCUT2D eigenvalue weighted by Gasteiger charge is 2.08. The molecule has 0 unspecified atom stereocenters. The third-order valence-electron chi connectivity index (χ3n) is 3.33. The molecular formula is C17H16N4O2. The van der Waals surface area contributed by atoms with Gasteiger partial charge >= 0.3 is 0 Å². The standard InChI is InChI=1S/C17H16N4O2/c1-23-14-9-7-13(8-10-14)17(22)18-11-15-19-16(21-20-15)12-5-3-2-4-6-12/h2-10H,11H2,1H3,(H,18,22)(H,19,20,21). The zero-order valence-electron chi connectivity index (χ0n) is 12.6. The molecule has 6 heteroatoms. The third-order valence-corrected chi connectivity index (χ3v) is 3.33. The Balaban J connectivity index is 1.62. The Labute approximate surface area is 133 Å². The lowest BCUT2D eigenvalue weighted by molar-refractivity contribution is 0.0950. The van der Waals surface area contributed by atoms with Crippen molar-refractivity contribution in [3.63, 3.8) is 0 Å². The van der Waals surface area contributed by atoms with Crippen LogP contribution in [0, 0.1) is 0 Å². The highest BCUT2D eigenvalue weighted by molar-refractivity contribution is 5.94. The van der Waals surface area contributed by atoms with E-state index in [1.807, 2.05) is 30.3 Å². The van der Waals surface area contributed by atoms with Crippen LogP contribution in [0.3, 0.4) is 0 Å². The molecule has 0 saturated heterocycles. The van der Waals surface area contributed by atoms with Gasteiger partial charge in [0.25, 0.3) is 5.91 Å². The van der Waals surface area contributed by atoms with Gasteiger partial charge in [-0.1, -0.05) is 30.3 Å². The lowest BCUT2D eigenvalue weighted by Gasteiger charge is -2.04. The molecule has 0 fully saturated rings. The van der Waals surface area contributed by atoms with Crippen LogP contribution in [0.25, 0.3) is 11.4 Å². The number of amides is 1. The van der Waals surface area contributed by atoms with Crippen LogP contribution in [0.4, 0.5) is 0 Å². The van der Waals surface area contributed by atoms with Crippen LogP contribution in [0.15, 0.2) is 54.6 Å². The smallest absolute Gasteiger partial charge is 0.251 e. The molecule has 0 radical (unpaired) electrons. The van der Waals surface area contributed by atoms with E-state index in [0.717, 1.165) is 5.56 Å². The molecule has 1 amide bonds. The third kappa shape index (κ3) is 3.55. The van der Waals surface area contributed by atoms with Crippen molar-refractivity contribution in [2.24, 2.45) is 0 Å². The Morgan fingerprint density at radius 1 is 1.13 bits per heavy atom. The van der Waals surface area contributed by atoms with E-state index in [1.165, 1.54) is 0 Å². The molecule has 23 heavy (non-hydrogen) atoms. The summed E-state index contributed by atoms with van der Waals surface area (Å²) >= 11 is 0. The van der Waals surface area contributed by atoms with Crippen LogP contribution in [0.5, 0.6) is 5.75 Å². The van der Waals surface area contributed by atoms with Crippen LogP contribution < -0.4 is 10.1 Å². The number of H-pyrrole nitrogens is 1. The first-order chi connectivity index (χ1) is 11.3. The van der Waals surface area contributed by atoms with Crippen molar-refractivity contribution in [2.45, 2.75) is 6.54 Å². The fourth-order valence-electron chi connectivity index (χ4n) is 2.10. The van der Waals surface area contributed by atoms with Crippen molar-refractivity contribution in [1.82, 2.24) is 20.5 Å². The highest BCUT2D eigenvalue weighted by Crippen LogP contribution is 2.13. The van der Waals surface area contributed by atoms with Crippen molar-refractivity contribution in [1.29, 1.82) is 0 Å². The number of benzene rings is 2. The second kappa shape index (κ2) is 6.74. The molecule has 0 atom stereocenters. The number of aromatic amines is 1. The van der Waals surface area contributed by atoms with Crippen LogP contribution in [-0.4, -0.2) is 28.2 Å². The van der Waals surface area contributed by atoms with E-state index in [0.29, 0.717) is 23.0 Å². The number of hydrogen-bond acceptors (Lipinski definition) is 4. The average Bonchev–Trinajstić information content (AvgIpc) is 3.09. The number of nitrogens with zero attached hydrogens (tertiary/aromatic N) is 2. The fraction of sp³-hybridized carbons (Fsp3) is 0.118. The molecule has 0 bridgehead atoms. The number of carbonyl (C=O) groups is 1. The van der Waals surface area contributed by atoms with E-state index in [4.69, 9.17) is 4.74 Å². The maximum absolute atomic E-state index is 12.1. The zero-order chi connectivity index (χ0) is 16.1. The summed E-state index contributed by atoms with van der Waals surface area (Å²) in [6, 6.07) is 16.6. The van der Waals surface area contributed by atoms with Gasteiger partial charge in [-0.15, -0.1) is 0 Å². The van der Waals surface area contributed by atoms with Gasteiger partial charge in [0.05, 0.1) is 13.7 Å². The molecule has 0 saturated carbocycles. The normalized spacial score (nSPS) is 10.3. The van der Waals surface area contributed by atoms with Gasteiger partial charge in [-0.2, -0.15) is 5.10 Å². The molecule has 2 aromatic carbocycles. The predicted octanol–water partition coefficient (Wildman–Crippen LogP) is 2.41. The van der Waals surface area contributed by atoms with E-state index in [9.17, 15) is 4.79 Å². The number of ether oxygens (including phenoxy) is 1. The first kappa shape index (κ1) is 14.8. The molecule has 0 aliphatic rings. The monoisotopic (exact) mass is 308 g/mol.